The zero-order valence-electron chi connectivity index (χ0n) is 10.1. The highest BCUT2D eigenvalue weighted by molar-refractivity contribution is 14.1. The molecule has 0 unspecified atom stereocenters. The fraction of sp³-hybridized carbons (Fsp3) is 0. The lowest BCUT2D eigenvalue weighted by Crippen LogP contribution is -2.34. The summed E-state index contributed by atoms with van der Waals surface area (Å²) in [5.41, 5.74) is 1.08. The molecule has 2 rings (SSSR count). The summed E-state index contributed by atoms with van der Waals surface area (Å²) < 4.78 is 0.976. The number of thiocarbonyl (C=S) groups is 1. The molecule has 2 aromatic rings. The van der Waals surface area contributed by atoms with E-state index in [0.29, 0.717) is 16.4 Å². The SMILES string of the molecule is O=C(NC(=S)Nc1cccnc1Cl)c1cccc(I)c1. The van der Waals surface area contributed by atoms with E-state index in [2.05, 4.69) is 38.2 Å². The lowest BCUT2D eigenvalue weighted by atomic mass is 10.2. The standard InChI is InChI=1S/C13H9ClIN3OS/c14-11-10(5-2-6-16-11)17-13(20)18-12(19)8-3-1-4-9(15)7-8/h1-7H,(H2,17,18,19,20). The van der Waals surface area contributed by atoms with Crippen LogP contribution in [0.25, 0.3) is 0 Å². The van der Waals surface area contributed by atoms with E-state index in [4.69, 9.17) is 23.8 Å². The molecule has 0 bridgehead atoms. The van der Waals surface area contributed by atoms with E-state index in [0.717, 1.165) is 3.57 Å². The molecule has 1 heterocycles. The van der Waals surface area contributed by atoms with Gasteiger partial charge in [0.1, 0.15) is 0 Å². The molecule has 0 saturated carbocycles. The average Bonchev–Trinajstić information content (AvgIpc) is 2.41. The summed E-state index contributed by atoms with van der Waals surface area (Å²) in [5.74, 6) is -0.277. The van der Waals surface area contributed by atoms with E-state index in [1.165, 1.54) is 0 Å². The van der Waals surface area contributed by atoms with E-state index in [-0.39, 0.29) is 11.0 Å². The van der Waals surface area contributed by atoms with Crippen LogP contribution in [0.5, 0.6) is 0 Å². The topological polar surface area (TPSA) is 54.0 Å². The second-order valence-electron chi connectivity index (χ2n) is 3.76. The minimum Gasteiger partial charge on any atom is -0.330 e. The van der Waals surface area contributed by atoms with Crippen molar-refractivity contribution in [3.63, 3.8) is 0 Å². The summed E-state index contributed by atoms with van der Waals surface area (Å²) in [6.07, 6.45) is 1.57. The number of halogens is 2. The summed E-state index contributed by atoms with van der Waals surface area (Å²) >= 11 is 13.1. The Morgan fingerprint density at radius 2 is 2.10 bits per heavy atom. The van der Waals surface area contributed by atoms with Crippen molar-refractivity contribution >= 4 is 63.1 Å². The van der Waals surface area contributed by atoms with Gasteiger partial charge in [-0.2, -0.15) is 0 Å². The van der Waals surface area contributed by atoms with Crippen LogP contribution in [0.15, 0.2) is 42.6 Å². The van der Waals surface area contributed by atoms with Gasteiger partial charge >= 0.3 is 0 Å². The monoisotopic (exact) mass is 417 g/mol. The molecule has 2 N–H and O–H groups in total. The smallest absolute Gasteiger partial charge is 0.257 e. The van der Waals surface area contributed by atoms with Crippen LogP contribution in [0.1, 0.15) is 10.4 Å². The quantitative estimate of drug-likeness (QED) is 0.446. The Kier molecular flexibility index (Phi) is 5.27. The van der Waals surface area contributed by atoms with E-state index < -0.39 is 0 Å². The second-order valence-corrected chi connectivity index (χ2v) is 5.77. The number of rotatable bonds is 2. The van der Waals surface area contributed by atoms with Crippen LogP contribution < -0.4 is 10.6 Å². The predicted molar refractivity (Wildman–Crippen MR) is 92.1 cm³/mol. The number of nitrogens with one attached hydrogen (secondary N) is 2. The molecule has 0 atom stereocenters. The van der Waals surface area contributed by atoms with Crippen molar-refractivity contribution in [3.8, 4) is 0 Å². The number of amides is 1. The highest BCUT2D eigenvalue weighted by Gasteiger charge is 2.09. The van der Waals surface area contributed by atoms with Crippen LogP contribution in [0, 0.1) is 3.57 Å². The minimum absolute atomic E-state index is 0.170. The molecule has 0 spiro atoms. The molecule has 0 aliphatic carbocycles. The van der Waals surface area contributed by atoms with Crippen LogP contribution >= 0.6 is 46.4 Å². The zero-order valence-corrected chi connectivity index (χ0v) is 13.8. The Morgan fingerprint density at radius 1 is 1.30 bits per heavy atom. The number of carbonyl (C=O) groups is 1. The van der Waals surface area contributed by atoms with Gasteiger partial charge in [-0.25, -0.2) is 4.98 Å². The molecule has 1 aromatic heterocycles. The first-order chi connectivity index (χ1) is 9.56. The fourth-order valence-electron chi connectivity index (χ4n) is 1.44. The van der Waals surface area contributed by atoms with E-state index in [1.54, 1.807) is 30.5 Å². The molecule has 4 nitrogen and oxygen atoms in total. The Morgan fingerprint density at radius 3 is 2.80 bits per heavy atom. The van der Waals surface area contributed by atoms with Gasteiger partial charge in [0, 0.05) is 15.3 Å². The van der Waals surface area contributed by atoms with Crippen LogP contribution in [-0.4, -0.2) is 16.0 Å². The van der Waals surface area contributed by atoms with E-state index in [1.807, 2.05) is 12.1 Å². The van der Waals surface area contributed by atoms with Gasteiger partial charge in [-0.05, 0) is 65.1 Å². The molecule has 0 aliphatic heterocycles. The van der Waals surface area contributed by atoms with Crippen LogP contribution in [0.2, 0.25) is 5.15 Å². The third-order valence-electron chi connectivity index (χ3n) is 2.32. The second kappa shape index (κ2) is 6.96. The Bertz CT molecular complexity index is 666. The van der Waals surface area contributed by atoms with Gasteiger partial charge in [-0.15, -0.1) is 0 Å². The van der Waals surface area contributed by atoms with Crippen molar-refractivity contribution in [1.82, 2.24) is 10.3 Å². The van der Waals surface area contributed by atoms with Gasteiger partial charge in [0.25, 0.3) is 5.91 Å². The number of hydrogen-bond donors (Lipinski definition) is 2. The molecule has 0 saturated heterocycles. The molecule has 1 amide bonds. The number of pyridine rings is 1. The highest BCUT2D eigenvalue weighted by atomic mass is 127. The number of nitrogens with zero attached hydrogens (tertiary/aromatic N) is 1. The first-order valence-electron chi connectivity index (χ1n) is 5.54. The minimum atomic E-state index is -0.277. The Hall–Kier alpha value is -1.25. The van der Waals surface area contributed by atoms with E-state index >= 15 is 0 Å². The van der Waals surface area contributed by atoms with Crippen molar-refractivity contribution in [3.05, 3.63) is 56.9 Å². The summed E-state index contributed by atoms with van der Waals surface area (Å²) in [4.78, 5) is 15.9. The zero-order chi connectivity index (χ0) is 14.5. The maximum Gasteiger partial charge on any atom is 0.257 e. The largest absolute Gasteiger partial charge is 0.330 e. The van der Waals surface area contributed by atoms with Crippen molar-refractivity contribution in [2.75, 3.05) is 5.32 Å². The number of carbonyl (C=O) groups excluding carboxylic acids is 1. The maximum atomic E-state index is 12.0. The lowest BCUT2D eigenvalue weighted by molar-refractivity contribution is 0.0977. The van der Waals surface area contributed by atoms with Gasteiger partial charge in [-0.3, -0.25) is 10.1 Å². The van der Waals surface area contributed by atoms with Crippen molar-refractivity contribution in [2.24, 2.45) is 0 Å². The molecule has 0 aliphatic rings. The Balaban J connectivity index is 2.02. The normalized spacial score (nSPS) is 9.90. The summed E-state index contributed by atoms with van der Waals surface area (Å²) in [6, 6.07) is 10.7. The Labute approximate surface area is 140 Å². The third kappa shape index (κ3) is 4.12. The van der Waals surface area contributed by atoms with Crippen molar-refractivity contribution in [2.45, 2.75) is 0 Å². The van der Waals surface area contributed by atoms with Crippen LogP contribution in [0.4, 0.5) is 5.69 Å². The van der Waals surface area contributed by atoms with E-state index in [9.17, 15) is 4.79 Å². The van der Waals surface area contributed by atoms with Gasteiger partial charge in [0.15, 0.2) is 10.3 Å². The molecule has 0 radical (unpaired) electrons. The summed E-state index contributed by atoms with van der Waals surface area (Å²) in [5, 5.41) is 5.88. The molecule has 1 aromatic carbocycles. The molecule has 0 fully saturated rings. The van der Waals surface area contributed by atoms with Crippen LogP contribution in [0.3, 0.4) is 0 Å². The molecule has 7 heteroatoms. The first kappa shape index (κ1) is 15.1. The number of hydrogen-bond acceptors (Lipinski definition) is 3. The van der Waals surface area contributed by atoms with Gasteiger partial charge in [0.2, 0.25) is 0 Å². The number of benzene rings is 1. The van der Waals surface area contributed by atoms with Crippen molar-refractivity contribution in [1.29, 1.82) is 0 Å². The predicted octanol–water partition coefficient (Wildman–Crippen LogP) is 3.47. The number of aromatic nitrogens is 1. The van der Waals surface area contributed by atoms with Gasteiger partial charge in [-0.1, -0.05) is 17.7 Å². The molecule has 102 valence electrons. The average molecular weight is 418 g/mol. The maximum absolute atomic E-state index is 12.0. The highest BCUT2D eigenvalue weighted by Crippen LogP contribution is 2.17. The fourth-order valence-corrected chi connectivity index (χ4v) is 2.35. The third-order valence-corrected chi connectivity index (χ3v) is 3.50. The lowest BCUT2D eigenvalue weighted by Gasteiger charge is -2.10. The van der Waals surface area contributed by atoms with Crippen LogP contribution in [-0.2, 0) is 0 Å². The molecular weight excluding hydrogens is 409 g/mol. The summed E-state index contributed by atoms with van der Waals surface area (Å²) in [6.45, 7) is 0. The van der Waals surface area contributed by atoms with Crippen molar-refractivity contribution < 1.29 is 4.79 Å². The number of anilines is 1. The van der Waals surface area contributed by atoms with Gasteiger partial charge in [0.05, 0.1) is 5.69 Å². The molecular formula is C13H9ClIN3OS. The van der Waals surface area contributed by atoms with Gasteiger partial charge < -0.3 is 5.32 Å². The molecule has 20 heavy (non-hydrogen) atoms. The first-order valence-corrected chi connectivity index (χ1v) is 7.41. The summed E-state index contributed by atoms with van der Waals surface area (Å²) in [7, 11) is 0.